The number of methoxy groups -OCH3 is 1. The number of esters is 1. The number of benzene rings is 2. The molecule has 0 saturated carbocycles. The first-order valence-electron chi connectivity index (χ1n) is 9.27. The maximum absolute atomic E-state index is 12.2. The zero-order valence-electron chi connectivity index (χ0n) is 16.2. The van der Waals surface area contributed by atoms with E-state index in [0.717, 1.165) is 41.0 Å². The molecule has 144 valence electrons. The molecule has 0 aliphatic heterocycles. The molecule has 1 N–H and O–H groups in total. The van der Waals surface area contributed by atoms with Crippen molar-refractivity contribution in [2.75, 3.05) is 19.0 Å². The summed E-state index contributed by atoms with van der Waals surface area (Å²) in [4.78, 5) is 24.2. The second-order valence-electron chi connectivity index (χ2n) is 6.18. The third-order valence-corrected chi connectivity index (χ3v) is 4.42. The van der Waals surface area contributed by atoms with Crippen molar-refractivity contribution >= 4 is 17.6 Å². The maximum Gasteiger partial charge on any atom is 0.306 e. The average molecular weight is 369 g/mol. The fourth-order valence-electron chi connectivity index (χ4n) is 2.94. The largest absolute Gasteiger partial charge is 0.496 e. The number of anilines is 1. The summed E-state index contributed by atoms with van der Waals surface area (Å²) in [6.45, 7) is 3.80. The minimum Gasteiger partial charge on any atom is -0.496 e. The summed E-state index contributed by atoms with van der Waals surface area (Å²) in [5.74, 6) is 0.0121. The highest BCUT2D eigenvalue weighted by molar-refractivity contribution is 5.94. The zero-order valence-corrected chi connectivity index (χ0v) is 16.2. The van der Waals surface area contributed by atoms with Crippen LogP contribution in [0.25, 0.3) is 0 Å². The highest BCUT2D eigenvalue weighted by atomic mass is 16.5. The third kappa shape index (κ3) is 5.84. The summed E-state index contributed by atoms with van der Waals surface area (Å²) in [7, 11) is 1.60. The summed E-state index contributed by atoms with van der Waals surface area (Å²) in [5, 5.41) is 2.89. The number of hydrogen-bond acceptors (Lipinski definition) is 4. The zero-order chi connectivity index (χ0) is 19.6. The van der Waals surface area contributed by atoms with Crippen molar-refractivity contribution in [3.63, 3.8) is 0 Å². The molecule has 5 heteroatoms. The molecule has 5 nitrogen and oxygen atoms in total. The van der Waals surface area contributed by atoms with E-state index in [0.29, 0.717) is 6.42 Å². The van der Waals surface area contributed by atoms with Gasteiger partial charge in [0, 0.05) is 12.1 Å². The van der Waals surface area contributed by atoms with Gasteiger partial charge < -0.3 is 14.8 Å². The molecule has 0 heterocycles. The number of carbonyl (C=O) groups is 2. The molecule has 0 radical (unpaired) electrons. The van der Waals surface area contributed by atoms with Crippen molar-refractivity contribution in [2.24, 2.45) is 0 Å². The number of carbonyl (C=O) groups excluding carboxylic acids is 2. The summed E-state index contributed by atoms with van der Waals surface area (Å²) in [6, 6.07) is 13.5. The predicted molar refractivity (Wildman–Crippen MR) is 106 cm³/mol. The van der Waals surface area contributed by atoms with Crippen LogP contribution in [0.4, 0.5) is 5.69 Å². The molecule has 0 fully saturated rings. The molecule has 0 bridgehead atoms. The van der Waals surface area contributed by atoms with Crippen LogP contribution < -0.4 is 10.1 Å². The van der Waals surface area contributed by atoms with Gasteiger partial charge in [-0.3, -0.25) is 9.59 Å². The van der Waals surface area contributed by atoms with Crippen molar-refractivity contribution in [3.8, 4) is 5.75 Å². The van der Waals surface area contributed by atoms with Gasteiger partial charge in [-0.25, -0.2) is 0 Å². The number of aryl methyl sites for hydroxylation is 3. The van der Waals surface area contributed by atoms with E-state index in [1.54, 1.807) is 7.11 Å². The minimum absolute atomic E-state index is 0.194. The van der Waals surface area contributed by atoms with E-state index >= 15 is 0 Å². The van der Waals surface area contributed by atoms with Crippen LogP contribution in [0.1, 0.15) is 37.0 Å². The van der Waals surface area contributed by atoms with Gasteiger partial charge in [-0.1, -0.05) is 50.2 Å². The van der Waals surface area contributed by atoms with Crippen LogP contribution >= 0.6 is 0 Å². The van der Waals surface area contributed by atoms with Crippen LogP contribution in [0.15, 0.2) is 42.5 Å². The summed E-state index contributed by atoms with van der Waals surface area (Å²) in [5.41, 5.74) is 3.92. The van der Waals surface area contributed by atoms with Crippen LogP contribution in [0.2, 0.25) is 0 Å². The first kappa shape index (κ1) is 20.5. The quantitative estimate of drug-likeness (QED) is 0.680. The Balaban J connectivity index is 1.86. The Morgan fingerprint density at radius 1 is 0.926 bits per heavy atom. The van der Waals surface area contributed by atoms with Crippen LogP contribution in [0.3, 0.4) is 0 Å². The molecule has 2 aromatic rings. The molecule has 0 aliphatic rings. The molecule has 0 atom stereocenters. The summed E-state index contributed by atoms with van der Waals surface area (Å²) >= 11 is 0. The van der Waals surface area contributed by atoms with Crippen LogP contribution in [0.5, 0.6) is 5.75 Å². The van der Waals surface area contributed by atoms with Gasteiger partial charge in [0.25, 0.3) is 5.91 Å². The van der Waals surface area contributed by atoms with Crippen LogP contribution in [-0.4, -0.2) is 25.6 Å². The van der Waals surface area contributed by atoms with Crippen molar-refractivity contribution < 1.29 is 19.1 Å². The molecule has 0 spiro atoms. The van der Waals surface area contributed by atoms with Gasteiger partial charge in [-0.2, -0.15) is 0 Å². The van der Waals surface area contributed by atoms with Gasteiger partial charge in [0.15, 0.2) is 6.61 Å². The Labute approximate surface area is 160 Å². The van der Waals surface area contributed by atoms with E-state index in [2.05, 4.69) is 5.32 Å². The van der Waals surface area contributed by atoms with E-state index < -0.39 is 5.97 Å². The molecule has 0 aromatic heterocycles. The lowest BCUT2D eigenvalue weighted by Gasteiger charge is -2.14. The highest BCUT2D eigenvalue weighted by Crippen LogP contribution is 2.22. The molecule has 2 aromatic carbocycles. The number of para-hydroxylation sites is 2. The van der Waals surface area contributed by atoms with Crippen molar-refractivity contribution in [3.05, 3.63) is 59.2 Å². The normalized spacial score (nSPS) is 10.3. The highest BCUT2D eigenvalue weighted by Gasteiger charge is 2.13. The molecule has 0 aliphatic carbocycles. The van der Waals surface area contributed by atoms with E-state index in [-0.39, 0.29) is 18.9 Å². The number of rotatable bonds is 9. The van der Waals surface area contributed by atoms with Gasteiger partial charge in [0.2, 0.25) is 0 Å². The molecule has 2 rings (SSSR count). The monoisotopic (exact) mass is 369 g/mol. The summed E-state index contributed by atoms with van der Waals surface area (Å²) in [6.07, 6.45) is 2.34. The van der Waals surface area contributed by atoms with Gasteiger partial charge in [-0.15, -0.1) is 0 Å². The van der Waals surface area contributed by atoms with Gasteiger partial charge in [0.05, 0.1) is 7.11 Å². The number of hydrogen-bond donors (Lipinski definition) is 1. The van der Waals surface area contributed by atoms with Crippen LogP contribution in [0, 0.1) is 0 Å². The van der Waals surface area contributed by atoms with E-state index in [4.69, 9.17) is 9.47 Å². The smallest absolute Gasteiger partial charge is 0.306 e. The first-order valence-corrected chi connectivity index (χ1v) is 9.27. The van der Waals surface area contributed by atoms with Gasteiger partial charge in [0.1, 0.15) is 5.75 Å². The number of amides is 1. The van der Waals surface area contributed by atoms with Crippen molar-refractivity contribution in [1.29, 1.82) is 0 Å². The maximum atomic E-state index is 12.2. The molecule has 0 unspecified atom stereocenters. The lowest BCUT2D eigenvalue weighted by molar-refractivity contribution is -0.147. The summed E-state index contributed by atoms with van der Waals surface area (Å²) < 4.78 is 10.4. The average Bonchev–Trinajstić information content (AvgIpc) is 2.70. The van der Waals surface area contributed by atoms with Gasteiger partial charge >= 0.3 is 5.97 Å². The lowest BCUT2D eigenvalue weighted by atomic mass is 10.0. The Kier molecular flexibility index (Phi) is 7.86. The minimum atomic E-state index is -0.407. The fraction of sp³-hybridized carbons (Fsp3) is 0.364. The first-order chi connectivity index (χ1) is 13.1. The van der Waals surface area contributed by atoms with E-state index in [1.165, 1.54) is 0 Å². The lowest BCUT2D eigenvalue weighted by Crippen LogP contribution is -2.22. The van der Waals surface area contributed by atoms with Crippen molar-refractivity contribution in [1.82, 2.24) is 0 Å². The van der Waals surface area contributed by atoms with Crippen molar-refractivity contribution in [2.45, 2.75) is 39.5 Å². The van der Waals surface area contributed by atoms with Gasteiger partial charge in [-0.05, 0) is 42.0 Å². The third-order valence-electron chi connectivity index (χ3n) is 4.42. The molecule has 0 saturated heterocycles. The standard InChI is InChI=1S/C22H27NO4/c1-4-16-10-8-11-17(5-2)22(16)23-20(24)15-27-21(25)14-13-18-9-6-7-12-19(18)26-3/h6-12H,4-5,13-15H2,1-3H3,(H,23,24). The second-order valence-corrected chi connectivity index (χ2v) is 6.18. The Morgan fingerprint density at radius 2 is 1.56 bits per heavy atom. The van der Waals surface area contributed by atoms with E-state index in [9.17, 15) is 9.59 Å². The Bertz CT molecular complexity index is 763. The Hall–Kier alpha value is -2.82. The topological polar surface area (TPSA) is 64.6 Å². The predicted octanol–water partition coefficient (Wildman–Crippen LogP) is 3.93. The fourth-order valence-corrected chi connectivity index (χ4v) is 2.94. The molecular formula is C22H27NO4. The number of ether oxygens (including phenoxy) is 2. The Morgan fingerprint density at radius 3 is 2.19 bits per heavy atom. The number of nitrogens with one attached hydrogen (secondary N) is 1. The van der Waals surface area contributed by atoms with Crippen LogP contribution in [-0.2, 0) is 33.6 Å². The van der Waals surface area contributed by atoms with E-state index in [1.807, 2.05) is 56.3 Å². The molecule has 1 amide bonds. The molecular weight excluding hydrogens is 342 g/mol. The SMILES string of the molecule is CCc1cccc(CC)c1NC(=O)COC(=O)CCc1ccccc1OC. The second kappa shape index (κ2) is 10.4. The molecule has 27 heavy (non-hydrogen) atoms.